The Hall–Kier alpha value is -1.51. The van der Waals surface area contributed by atoms with E-state index in [1.54, 1.807) is 6.07 Å². The number of benzene rings is 1. The number of carbonyl (C=O) groups is 1. The second-order valence-corrected chi connectivity index (χ2v) is 3.40. The van der Waals surface area contributed by atoms with Crippen LogP contribution < -0.4 is 5.73 Å². The van der Waals surface area contributed by atoms with Crippen LogP contribution in [0.15, 0.2) is 6.07 Å². The Bertz CT molecular complexity index is 383. The minimum Gasteiger partial charge on any atom is -0.465 e. The summed E-state index contributed by atoms with van der Waals surface area (Å²) in [6.45, 7) is 5.82. The van der Waals surface area contributed by atoms with Crippen LogP contribution in [0.4, 0.5) is 5.69 Å². The number of nitrogens with two attached hydrogens (primary N) is 1. The van der Waals surface area contributed by atoms with Gasteiger partial charge < -0.3 is 10.5 Å². The van der Waals surface area contributed by atoms with E-state index in [0.717, 1.165) is 16.7 Å². The summed E-state index contributed by atoms with van der Waals surface area (Å²) in [6, 6.07) is 1.80. The molecule has 1 rings (SSSR count). The molecule has 0 spiro atoms. The van der Waals surface area contributed by atoms with Crippen molar-refractivity contribution in [3.8, 4) is 0 Å². The first-order chi connectivity index (χ1) is 6.49. The van der Waals surface area contributed by atoms with Crippen LogP contribution in [0.5, 0.6) is 0 Å². The summed E-state index contributed by atoms with van der Waals surface area (Å²) in [6.07, 6.45) is 0. The first-order valence-corrected chi connectivity index (χ1v) is 4.43. The molecule has 0 aromatic heterocycles. The van der Waals surface area contributed by atoms with E-state index in [1.807, 2.05) is 20.8 Å². The number of esters is 1. The molecule has 0 heterocycles. The predicted molar refractivity (Wildman–Crippen MR) is 56.4 cm³/mol. The highest BCUT2D eigenvalue weighted by Gasteiger charge is 2.15. The summed E-state index contributed by atoms with van der Waals surface area (Å²) >= 11 is 0. The minimum absolute atomic E-state index is 0.372. The lowest BCUT2D eigenvalue weighted by Crippen LogP contribution is -2.10. The topological polar surface area (TPSA) is 52.3 Å². The fraction of sp³-hybridized carbons (Fsp3) is 0.364. The van der Waals surface area contributed by atoms with Crippen LogP contribution in [0, 0.1) is 20.8 Å². The van der Waals surface area contributed by atoms with Crippen LogP contribution >= 0.6 is 0 Å². The summed E-state index contributed by atoms with van der Waals surface area (Å²) in [5.74, 6) is -0.372. The average Bonchev–Trinajstić information content (AvgIpc) is 2.14. The Morgan fingerprint density at radius 3 is 2.36 bits per heavy atom. The van der Waals surface area contributed by atoms with Crippen LogP contribution in [0.2, 0.25) is 0 Å². The van der Waals surface area contributed by atoms with E-state index in [1.165, 1.54) is 7.11 Å². The van der Waals surface area contributed by atoms with Crippen molar-refractivity contribution in [2.24, 2.45) is 0 Å². The van der Waals surface area contributed by atoms with Gasteiger partial charge in [-0.3, -0.25) is 0 Å². The number of methoxy groups -OCH3 is 1. The summed E-state index contributed by atoms with van der Waals surface area (Å²) in [4.78, 5) is 11.4. The Morgan fingerprint density at radius 2 is 1.86 bits per heavy atom. The van der Waals surface area contributed by atoms with E-state index in [0.29, 0.717) is 11.3 Å². The van der Waals surface area contributed by atoms with Crippen molar-refractivity contribution in [2.75, 3.05) is 12.8 Å². The number of nitrogen functional groups attached to an aromatic ring is 1. The third-order valence-electron chi connectivity index (χ3n) is 2.58. The molecule has 0 amide bonds. The summed E-state index contributed by atoms with van der Waals surface area (Å²) in [5.41, 5.74) is 9.80. The van der Waals surface area contributed by atoms with Gasteiger partial charge in [0, 0.05) is 5.69 Å². The molecule has 3 nitrogen and oxygen atoms in total. The monoisotopic (exact) mass is 193 g/mol. The number of hydrogen-bond acceptors (Lipinski definition) is 3. The minimum atomic E-state index is -0.372. The Morgan fingerprint density at radius 1 is 1.29 bits per heavy atom. The second kappa shape index (κ2) is 3.70. The van der Waals surface area contributed by atoms with Gasteiger partial charge in [0.15, 0.2) is 0 Å². The first kappa shape index (κ1) is 10.6. The van der Waals surface area contributed by atoms with Gasteiger partial charge in [-0.15, -0.1) is 0 Å². The maximum Gasteiger partial charge on any atom is 0.340 e. The SMILES string of the molecule is COC(=O)c1c(N)cc(C)c(C)c1C. The highest BCUT2D eigenvalue weighted by atomic mass is 16.5. The van der Waals surface area contributed by atoms with Crippen molar-refractivity contribution in [3.05, 3.63) is 28.3 Å². The van der Waals surface area contributed by atoms with E-state index in [2.05, 4.69) is 4.74 Å². The molecular formula is C11H15NO2. The van der Waals surface area contributed by atoms with Gasteiger partial charge in [0.2, 0.25) is 0 Å². The van der Waals surface area contributed by atoms with E-state index in [-0.39, 0.29) is 5.97 Å². The lowest BCUT2D eigenvalue weighted by Gasteiger charge is -2.12. The molecule has 1 aromatic rings. The zero-order valence-corrected chi connectivity index (χ0v) is 8.97. The van der Waals surface area contributed by atoms with E-state index < -0.39 is 0 Å². The molecule has 0 aliphatic heterocycles. The molecule has 3 heteroatoms. The van der Waals surface area contributed by atoms with Crippen LogP contribution in [0.3, 0.4) is 0 Å². The average molecular weight is 193 g/mol. The van der Waals surface area contributed by atoms with Gasteiger partial charge in [0.05, 0.1) is 12.7 Å². The smallest absolute Gasteiger partial charge is 0.340 e. The van der Waals surface area contributed by atoms with Gasteiger partial charge in [0.1, 0.15) is 0 Å². The van der Waals surface area contributed by atoms with Crippen LogP contribution in [-0.4, -0.2) is 13.1 Å². The Kier molecular flexibility index (Phi) is 2.79. The van der Waals surface area contributed by atoms with Crippen LogP contribution in [0.1, 0.15) is 27.0 Å². The molecule has 0 aliphatic carbocycles. The van der Waals surface area contributed by atoms with Crippen LogP contribution in [-0.2, 0) is 4.74 Å². The normalized spacial score (nSPS) is 10.0. The maximum atomic E-state index is 11.4. The second-order valence-electron chi connectivity index (χ2n) is 3.40. The fourth-order valence-electron chi connectivity index (χ4n) is 1.49. The molecule has 0 saturated carbocycles. The largest absolute Gasteiger partial charge is 0.465 e. The molecule has 0 saturated heterocycles. The van der Waals surface area contributed by atoms with Gasteiger partial charge in [-0.1, -0.05) is 0 Å². The highest BCUT2D eigenvalue weighted by molar-refractivity contribution is 5.97. The summed E-state index contributed by atoms with van der Waals surface area (Å²) in [7, 11) is 1.36. The molecule has 2 N–H and O–H groups in total. The quantitative estimate of drug-likeness (QED) is 0.548. The molecular weight excluding hydrogens is 178 g/mol. The zero-order chi connectivity index (χ0) is 10.9. The van der Waals surface area contributed by atoms with E-state index >= 15 is 0 Å². The number of anilines is 1. The van der Waals surface area contributed by atoms with Gasteiger partial charge in [-0.05, 0) is 43.5 Å². The lowest BCUT2D eigenvalue weighted by molar-refractivity contribution is 0.0601. The number of aryl methyl sites for hydroxylation is 1. The van der Waals surface area contributed by atoms with E-state index in [4.69, 9.17) is 5.73 Å². The van der Waals surface area contributed by atoms with Crippen molar-refractivity contribution in [2.45, 2.75) is 20.8 Å². The standard InChI is InChI=1S/C11H15NO2/c1-6-5-9(12)10(11(13)14-4)8(3)7(6)2/h5H,12H2,1-4H3. The molecule has 0 radical (unpaired) electrons. The van der Waals surface area contributed by atoms with Crippen LogP contribution in [0.25, 0.3) is 0 Å². The van der Waals surface area contributed by atoms with Crippen molar-refractivity contribution in [1.29, 1.82) is 0 Å². The molecule has 1 aromatic carbocycles. The predicted octanol–water partition coefficient (Wildman–Crippen LogP) is 1.98. The molecule has 0 bridgehead atoms. The number of carbonyl (C=O) groups excluding carboxylic acids is 1. The summed E-state index contributed by atoms with van der Waals surface area (Å²) in [5, 5.41) is 0. The van der Waals surface area contributed by atoms with Gasteiger partial charge >= 0.3 is 5.97 Å². The van der Waals surface area contributed by atoms with Gasteiger partial charge in [0.25, 0.3) is 0 Å². The number of ether oxygens (including phenoxy) is 1. The Balaban J connectivity index is 3.44. The third kappa shape index (κ3) is 1.58. The molecule has 14 heavy (non-hydrogen) atoms. The molecule has 0 unspecified atom stereocenters. The molecule has 76 valence electrons. The number of hydrogen-bond donors (Lipinski definition) is 1. The van der Waals surface area contributed by atoms with Crippen molar-refractivity contribution < 1.29 is 9.53 Å². The van der Waals surface area contributed by atoms with Gasteiger partial charge in [-0.2, -0.15) is 0 Å². The fourth-order valence-corrected chi connectivity index (χ4v) is 1.49. The maximum absolute atomic E-state index is 11.4. The lowest BCUT2D eigenvalue weighted by atomic mass is 9.97. The molecule has 0 aliphatic rings. The van der Waals surface area contributed by atoms with Gasteiger partial charge in [-0.25, -0.2) is 4.79 Å². The molecule has 0 atom stereocenters. The first-order valence-electron chi connectivity index (χ1n) is 4.43. The molecule has 0 fully saturated rings. The van der Waals surface area contributed by atoms with Crippen molar-refractivity contribution in [1.82, 2.24) is 0 Å². The Labute approximate surface area is 83.9 Å². The zero-order valence-electron chi connectivity index (χ0n) is 8.97. The van der Waals surface area contributed by atoms with Crippen molar-refractivity contribution in [3.63, 3.8) is 0 Å². The summed E-state index contributed by atoms with van der Waals surface area (Å²) < 4.78 is 4.67. The third-order valence-corrected chi connectivity index (χ3v) is 2.58. The van der Waals surface area contributed by atoms with E-state index in [9.17, 15) is 4.79 Å². The van der Waals surface area contributed by atoms with Crippen molar-refractivity contribution >= 4 is 11.7 Å². The highest BCUT2D eigenvalue weighted by Crippen LogP contribution is 2.24. The number of rotatable bonds is 1.